The summed E-state index contributed by atoms with van der Waals surface area (Å²) in [4.78, 5) is 20.9. The number of methoxy groups -OCH3 is 1. The highest BCUT2D eigenvalue weighted by atomic mass is 32.2. The van der Waals surface area contributed by atoms with Gasteiger partial charge in [0.1, 0.15) is 17.2 Å². The third kappa shape index (κ3) is 4.57. The summed E-state index contributed by atoms with van der Waals surface area (Å²) in [7, 11) is 1.58. The number of carbonyl (C=O) groups excluding carboxylic acids is 1. The number of hydrogen-bond donors (Lipinski definition) is 1. The van der Waals surface area contributed by atoms with Crippen LogP contribution in [-0.4, -0.2) is 35.3 Å². The van der Waals surface area contributed by atoms with Crippen LogP contribution in [0.2, 0.25) is 0 Å². The lowest BCUT2D eigenvalue weighted by Crippen LogP contribution is -2.24. The number of amides is 1. The van der Waals surface area contributed by atoms with Gasteiger partial charge in [-0.15, -0.1) is 11.3 Å². The van der Waals surface area contributed by atoms with Gasteiger partial charge in [-0.25, -0.2) is 14.4 Å². The summed E-state index contributed by atoms with van der Waals surface area (Å²) in [6, 6.07) is 10.5. The molecule has 0 spiro atoms. The van der Waals surface area contributed by atoms with Crippen LogP contribution in [0.5, 0.6) is 11.5 Å². The van der Waals surface area contributed by atoms with E-state index >= 15 is 0 Å². The molecule has 2 heterocycles. The van der Waals surface area contributed by atoms with Gasteiger partial charge in [0, 0.05) is 11.2 Å². The number of rotatable bonds is 8. The van der Waals surface area contributed by atoms with Crippen LogP contribution in [0, 0.1) is 5.82 Å². The number of carbonyl (C=O) groups is 1. The van der Waals surface area contributed by atoms with Gasteiger partial charge in [-0.2, -0.15) is 0 Å². The molecule has 6 nitrogen and oxygen atoms in total. The molecule has 0 saturated heterocycles. The van der Waals surface area contributed by atoms with Crippen molar-refractivity contribution in [2.24, 2.45) is 0 Å². The summed E-state index contributed by atoms with van der Waals surface area (Å²) in [6.07, 6.45) is 1.41. The molecule has 0 fully saturated rings. The van der Waals surface area contributed by atoms with Crippen LogP contribution < -0.4 is 14.8 Å². The first kappa shape index (κ1) is 21.3. The number of nitrogens with one attached hydrogen (secondary N) is 1. The van der Waals surface area contributed by atoms with Crippen molar-refractivity contribution in [3.05, 3.63) is 54.1 Å². The number of benzene rings is 2. The fraction of sp³-hybridized carbons (Fsp3) is 0.227. The molecule has 2 aromatic carbocycles. The topological polar surface area (TPSA) is 73.3 Å². The van der Waals surface area contributed by atoms with E-state index in [0.717, 1.165) is 15.0 Å². The summed E-state index contributed by atoms with van der Waals surface area (Å²) < 4.78 is 26.7. The van der Waals surface area contributed by atoms with Crippen molar-refractivity contribution < 1.29 is 18.7 Å². The lowest BCUT2D eigenvalue weighted by atomic mass is 10.2. The number of thioether (sulfide) groups is 1. The van der Waals surface area contributed by atoms with E-state index in [0.29, 0.717) is 40.6 Å². The van der Waals surface area contributed by atoms with Gasteiger partial charge in [0.25, 0.3) is 0 Å². The first-order chi connectivity index (χ1) is 15.1. The van der Waals surface area contributed by atoms with E-state index < -0.39 is 0 Å². The van der Waals surface area contributed by atoms with Crippen molar-refractivity contribution in [1.82, 2.24) is 15.3 Å². The number of ether oxygens (including phenoxy) is 2. The fourth-order valence-electron chi connectivity index (χ4n) is 3.14. The van der Waals surface area contributed by atoms with E-state index in [9.17, 15) is 9.18 Å². The van der Waals surface area contributed by atoms with Gasteiger partial charge >= 0.3 is 0 Å². The Morgan fingerprint density at radius 2 is 2.10 bits per heavy atom. The molecule has 0 bridgehead atoms. The van der Waals surface area contributed by atoms with Crippen LogP contribution in [-0.2, 0) is 11.3 Å². The normalized spacial score (nSPS) is 11.1. The Bertz CT molecular complexity index is 1250. The van der Waals surface area contributed by atoms with Crippen molar-refractivity contribution in [2.45, 2.75) is 18.5 Å². The second-order valence-electron chi connectivity index (χ2n) is 6.56. The minimum Gasteiger partial charge on any atom is -0.493 e. The summed E-state index contributed by atoms with van der Waals surface area (Å²) in [6.45, 7) is 2.83. The van der Waals surface area contributed by atoms with Gasteiger partial charge < -0.3 is 14.8 Å². The van der Waals surface area contributed by atoms with Crippen molar-refractivity contribution >= 4 is 49.3 Å². The van der Waals surface area contributed by atoms with Crippen molar-refractivity contribution in [1.29, 1.82) is 0 Å². The van der Waals surface area contributed by atoms with E-state index in [4.69, 9.17) is 9.47 Å². The van der Waals surface area contributed by atoms with Crippen LogP contribution in [0.25, 0.3) is 20.3 Å². The molecule has 4 rings (SSSR count). The van der Waals surface area contributed by atoms with Crippen LogP contribution in [0.3, 0.4) is 0 Å². The molecule has 2 aromatic heterocycles. The first-order valence-corrected chi connectivity index (χ1v) is 11.4. The van der Waals surface area contributed by atoms with Crippen molar-refractivity contribution in [3.8, 4) is 11.5 Å². The average molecular weight is 458 g/mol. The van der Waals surface area contributed by atoms with Gasteiger partial charge in [-0.3, -0.25) is 4.79 Å². The average Bonchev–Trinajstić information content (AvgIpc) is 3.17. The molecule has 0 aliphatic rings. The second kappa shape index (κ2) is 9.49. The standard InChI is InChI=1S/C22H20FN3O3S2/c1-3-29-15-8-7-13(9-16(15)28-2)10-24-18(27)11-30-22-21-20(25-12-26-22)19-14(23)5-4-6-17(19)31-21/h4-9,12H,3,10-11H2,1-2H3,(H,24,27). The van der Waals surface area contributed by atoms with Gasteiger partial charge in [-0.05, 0) is 36.8 Å². The Labute approximate surface area is 186 Å². The third-order valence-corrected chi connectivity index (χ3v) is 6.82. The molecule has 0 radical (unpaired) electrons. The molecule has 4 aromatic rings. The SMILES string of the molecule is CCOc1ccc(CNC(=O)CSc2ncnc3c2sc2cccc(F)c23)cc1OC. The van der Waals surface area contributed by atoms with E-state index in [-0.39, 0.29) is 17.5 Å². The van der Waals surface area contributed by atoms with Crippen LogP contribution >= 0.6 is 23.1 Å². The van der Waals surface area contributed by atoms with Crippen molar-refractivity contribution in [3.63, 3.8) is 0 Å². The highest BCUT2D eigenvalue weighted by Gasteiger charge is 2.15. The Balaban J connectivity index is 1.42. The number of halogens is 1. The molecule has 1 amide bonds. The predicted octanol–water partition coefficient (Wildman–Crippen LogP) is 4.80. The summed E-state index contributed by atoms with van der Waals surface area (Å²) in [5.41, 5.74) is 1.49. The molecule has 0 aliphatic carbocycles. The number of aromatic nitrogens is 2. The van der Waals surface area contributed by atoms with Gasteiger partial charge in [0.2, 0.25) is 5.91 Å². The van der Waals surface area contributed by atoms with Gasteiger partial charge in [0.15, 0.2) is 11.5 Å². The van der Waals surface area contributed by atoms with Crippen molar-refractivity contribution in [2.75, 3.05) is 19.5 Å². The van der Waals surface area contributed by atoms with Gasteiger partial charge in [0.05, 0.1) is 35.1 Å². The highest BCUT2D eigenvalue weighted by Crippen LogP contribution is 2.38. The maximum Gasteiger partial charge on any atom is 0.230 e. The molecule has 160 valence electrons. The minimum atomic E-state index is -0.304. The van der Waals surface area contributed by atoms with E-state index in [1.54, 1.807) is 13.2 Å². The molecule has 1 N–H and O–H groups in total. The lowest BCUT2D eigenvalue weighted by molar-refractivity contribution is -0.118. The summed E-state index contributed by atoms with van der Waals surface area (Å²) >= 11 is 2.74. The summed E-state index contributed by atoms with van der Waals surface area (Å²) in [5.74, 6) is 1.06. The quantitative estimate of drug-likeness (QED) is 0.303. The molecule has 0 unspecified atom stereocenters. The van der Waals surface area contributed by atoms with Crippen LogP contribution in [0.1, 0.15) is 12.5 Å². The zero-order valence-electron chi connectivity index (χ0n) is 17.0. The molecule has 9 heteroatoms. The predicted molar refractivity (Wildman–Crippen MR) is 122 cm³/mol. The first-order valence-electron chi connectivity index (χ1n) is 9.61. The van der Waals surface area contributed by atoms with Crippen LogP contribution in [0.15, 0.2) is 47.8 Å². The van der Waals surface area contributed by atoms with E-state index in [1.165, 1.54) is 35.5 Å². The largest absolute Gasteiger partial charge is 0.493 e. The van der Waals surface area contributed by atoms with E-state index in [2.05, 4.69) is 15.3 Å². The molecular weight excluding hydrogens is 437 g/mol. The Kier molecular flexibility index (Phi) is 6.53. The highest BCUT2D eigenvalue weighted by molar-refractivity contribution is 8.00. The number of hydrogen-bond acceptors (Lipinski definition) is 7. The molecule has 0 saturated carbocycles. The van der Waals surface area contributed by atoms with Crippen LogP contribution in [0.4, 0.5) is 4.39 Å². The van der Waals surface area contributed by atoms with E-state index in [1.807, 2.05) is 31.2 Å². The molecular formula is C22H20FN3O3S2. The molecule has 0 atom stereocenters. The maximum atomic E-state index is 14.2. The third-order valence-electron chi connectivity index (χ3n) is 4.55. The fourth-order valence-corrected chi connectivity index (χ4v) is 5.22. The number of nitrogens with zero attached hydrogens (tertiary/aromatic N) is 2. The Hall–Kier alpha value is -2.91. The molecule has 0 aliphatic heterocycles. The minimum absolute atomic E-state index is 0.128. The monoisotopic (exact) mass is 457 g/mol. The zero-order valence-corrected chi connectivity index (χ0v) is 18.6. The second-order valence-corrected chi connectivity index (χ2v) is 8.57. The Morgan fingerprint density at radius 3 is 2.90 bits per heavy atom. The summed E-state index contributed by atoms with van der Waals surface area (Å²) in [5, 5.41) is 4.07. The molecule has 31 heavy (non-hydrogen) atoms. The zero-order chi connectivity index (χ0) is 21.8. The Morgan fingerprint density at radius 1 is 1.23 bits per heavy atom. The van der Waals surface area contributed by atoms with Gasteiger partial charge in [-0.1, -0.05) is 23.9 Å². The maximum absolute atomic E-state index is 14.2. The number of thiophene rings is 1. The smallest absolute Gasteiger partial charge is 0.230 e. The number of fused-ring (bicyclic) bond motifs is 3. The lowest BCUT2D eigenvalue weighted by Gasteiger charge is -2.11.